The summed E-state index contributed by atoms with van der Waals surface area (Å²) in [6, 6.07) is 7.46. The lowest BCUT2D eigenvalue weighted by Crippen LogP contribution is -2.37. The van der Waals surface area contributed by atoms with Gasteiger partial charge in [-0.15, -0.1) is 0 Å². The van der Waals surface area contributed by atoms with E-state index in [2.05, 4.69) is 5.32 Å². The Bertz CT molecular complexity index is 511. The number of benzene rings is 1. The second-order valence-electron chi connectivity index (χ2n) is 4.86. The van der Waals surface area contributed by atoms with Crippen LogP contribution in [0.25, 0.3) is 0 Å². The lowest BCUT2D eigenvalue weighted by atomic mass is 9.88. The van der Waals surface area contributed by atoms with Gasteiger partial charge >= 0.3 is 5.97 Å². The largest absolute Gasteiger partial charge is 0.481 e. The van der Waals surface area contributed by atoms with Gasteiger partial charge in [0, 0.05) is 5.56 Å². The van der Waals surface area contributed by atoms with Crippen LogP contribution in [0, 0.1) is 5.92 Å². The molecule has 1 aromatic rings. The highest BCUT2D eigenvalue weighted by molar-refractivity contribution is 6.00. The van der Waals surface area contributed by atoms with Crippen molar-refractivity contribution in [2.75, 3.05) is 0 Å². The van der Waals surface area contributed by atoms with Crippen LogP contribution in [-0.4, -0.2) is 17.0 Å². The molecule has 1 aliphatic carbocycles. The average Bonchev–Trinajstić information content (AvgIpc) is 2.85. The van der Waals surface area contributed by atoms with Gasteiger partial charge in [0.2, 0.25) is 0 Å². The van der Waals surface area contributed by atoms with Gasteiger partial charge in [-0.1, -0.05) is 18.2 Å². The molecular formula is C13H13NO3. The normalized spacial score (nSPS) is 30.4. The van der Waals surface area contributed by atoms with Gasteiger partial charge in [-0.2, -0.15) is 0 Å². The van der Waals surface area contributed by atoms with Gasteiger partial charge in [0.1, 0.15) is 0 Å². The summed E-state index contributed by atoms with van der Waals surface area (Å²) in [5, 5.41) is 12.0. The summed E-state index contributed by atoms with van der Waals surface area (Å²) < 4.78 is 0. The van der Waals surface area contributed by atoms with Crippen LogP contribution in [0.4, 0.5) is 0 Å². The first kappa shape index (κ1) is 10.3. The van der Waals surface area contributed by atoms with Crippen molar-refractivity contribution >= 4 is 11.9 Å². The predicted octanol–water partition coefficient (Wildman–Crippen LogP) is 1.51. The summed E-state index contributed by atoms with van der Waals surface area (Å²) in [4.78, 5) is 22.9. The zero-order valence-electron chi connectivity index (χ0n) is 9.27. The fraction of sp³-hybridized carbons (Fsp3) is 0.385. The Hall–Kier alpha value is -1.84. The number of amides is 1. The van der Waals surface area contributed by atoms with Crippen molar-refractivity contribution in [3.05, 3.63) is 35.4 Å². The maximum Gasteiger partial charge on any atom is 0.306 e. The maximum absolute atomic E-state index is 11.8. The van der Waals surface area contributed by atoms with Crippen molar-refractivity contribution in [3.63, 3.8) is 0 Å². The van der Waals surface area contributed by atoms with Gasteiger partial charge in [-0.3, -0.25) is 9.59 Å². The topological polar surface area (TPSA) is 66.4 Å². The number of hydrogen-bond donors (Lipinski definition) is 2. The Morgan fingerprint density at radius 3 is 2.88 bits per heavy atom. The van der Waals surface area contributed by atoms with Gasteiger partial charge in [-0.05, 0) is 30.9 Å². The van der Waals surface area contributed by atoms with Gasteiger partial charge < -0.3 is 10.4 Å². The minimum atomic E-state index is -0.763. The van der Waals surface area contributed by atoms with Gasteiger partial charge in [0.25, 0.3) is 5.91 Å². The van der Waals surface area contributed by atoms with E-state index in [1.54, 1.807) is 6.07 Å². The molecule has 17 heavy (non-hydrogen) atoms. The minimum absolute atomic E-state index is 0.0772. The fourth-order valence-corrected chi connectivity index (χ4v) is 3.06. The van der Waals surface area contributed by atoms with E-state index >= 15 is 0 Å². The number of aliphatic carboxylic acids is 1. The number of fused-ring (bicyclic) bond motifs is 2. The third-order valence-electron chi connectivity index (χ3n) is 3.90. The first-order chi connectivity index (χ1) is 8.12. The molecule has 0 radical (unpaired) electrons. The maximum atomic E-state index is 11.8. The number of rotatable bonds is 1. The zero-order chi connectivity index (χ0) is 12.0. The van der Waals surface area contributed by atoms with Crippen molar-refractivity contribution in [2.45, 2.75) is 24.8 Å². The molecule has 0 bridgehead atoms. The third-order valence-corrected chi connectivity index (χ3v) is 3.90. The summed E-state index contributed by atoms with van der Waals surface area (Å²) in [6.45, 7) is 0. The number of carboxylic acids is 1. The second kappa shape index (κ2) is 3.32. The molecule has 88 valence electrons. The van der Waals surface area contributed by atoms with E-state index in [0.29, 0.717) is 24.8 Å². The van der Waals surface area contributed by atoms with Gasteiger partial charge in [0.15, 0.2) is 0 Å². The molecule has 1 aromatic carbocycles. The first-order valence-corrected chi connectivity index (χ1v) is 5.77. The van der Waals surface area contributed by atoms with E-state index in [9.17, 15) is 9.59 Å². The average molecular weight is 231 g/mol. The molecular weight excluding hydrogens is 218 g/mol. The molecule has 0 aromatic heterocycles. The summed E-state index contributed by atoms with van der Waals surface area (Å²) in [6.07, 6.45) is 1.85. The lowest BCUT2D eigenvalue weighted by molar-refractivity contribution is -0.141. The van der Waals surface area contributed by atoms with Crippen molar-refractivity contribution in [2.24, 2.45) is 5.92 Å². The van der Waals surface area contributed by atoms with E-state index in [1.165, 1.54) is 0 Å². The van der Waals surface area contributed by atoms with Crippen LogP contribution in [0.3, 0.4) is 0 Å². The van der Waals surface area contributed by atoms with Gasteiger partial charge in [0.05, 0.1) is 11.5 Å². The van der Waals surface area contributed by atoms with E-state index < -0.39 is 11.5 Å². The number of hydrogen-bond acceptors (Lipinski definition) is 2. The molecule has 1 amide bonds. The molecule has 2 aliphatic rings. The van der Waals surface area contributed by atoms with Crippen molar-refractivity contribution in [3.8, 4) is 0 Å². The quantitative estimate of drug-likeness (QED) is 0.769. The monoisotopic (exact) mass is 231 g/mol. The van der Waals surface area contributed by atoms with E-state index in [-0.39, 0.29) is 11.8 Å². The Morgan fingerprint density at radius 1 is 1.41 bits per heavy atom. The molecule has 1 aliphatic heterocycles. The van der Waals surface area contributed by atoms with E-state index in [0.717, 1.165) is 5.56 Å². The molecule has 4 nitrogen and oxygen atoms in total. The molecule has 1 fully saturated rings. The van der Waals surface area contributed by atoms with Crippen LogP contribution in [0.5, 0.6) is 0 Å². The van der Waals surface area contributed by atoms with Crippen LogP contribution in [0.1, 0.15) is 35.2 Å². The Labute approximate surface area is 98.6 Å². The molecule has 4 heteroatoms. The summed E-state index contributed by atoms with van der Waals surface area (Å²) >= 11 is 0. The van der Waals surface area contributed by atoms with Crippen molar-refractivity contribution in [1.82, 2.24) is 5.32 Å². The number of carbonyl (C=O) groups is 2. The zero-order valence-corrected chi connectivity index (χ0v) is 9.27. The predicted molar refractivity (Wildman–Crippen MR) is 60.6 cm³/mol. The summed E-state index contributed by atoms with van der Waals surface area (Å²) in [7, 11) is 0. The summed E-state index contributed by atoms with van der Waals surface area (Å²) in [5.74, 6) is -1.19. The second-order valence-corrected chi connectivity index (χ2v) is 4.86. The van der Waals surface area contributed by atoms with Crippen molar-refractivity contribution in [1.29, 1.82) is 0 Å². The molecule has 0 saturated heterocycles. The number of carboxylic acid groups (broad SMARTS) is 1. The highest BCUT2D eigenvalue weighted by atomic mass is 16.4. The van der Waals surface area contributed by atoms with E-state index in [1.807, 2.05) is 18.2 Å². The Morgan fingerprint density at radius 2 is 2.18 bits per heavy atom. The Kier molecular flexibility index (Phi) is 2.02. The molecule has 1 spiro atoms. The lowest BCUT2D eigenvalue weighted by Gasteiger charge is -2.24. The SMILES string of the molecule is O=C1N[C@@]2(CC[C@@H](C(=O)O)C2)c2ccccc21. The van der Waals surface area contributed by atoms with Crippen LogP contribution < -0.4 is 5.32 Å². The third kappa shape index (κ3) is 1.37. The molecule has 1 saturated carbocycles. The summed E-state index contributed by atoms with van der Waals surface area (Å²) in [5.41, 5.74) is 1.23. The Balaban J connectivity index is 2.02. The smallest absolute Gasteiger partial charge is 0.306 e. The van der Waals surface area contributed by atoms with Crippen LogP contribution in [0.2, 0.25) is 0 Å². The minimum Gasteiger partial charge on any atom is -0.481 e. The highest BCUT2D eigenvalue weighted by Gasteiger charge is 2.49. The fourth-order valence-electron chi connectivity index (χ4n) is 3.06. The number of nitrogens with one attached hydrogen (secondary N) is 1. The van der Waals surface area contributed by atoms with Crippen LogP contribution in [-0.2, 0) is 10.3 Å². The number of carbonyl (C=O) groups excluding carboxylic acids is 1. The molecule has 2 N–H and O–H groups in total. The van der Waals surface area contributed by atoms with Gasteiger partial charge in [-0.25, -0.2) is 0 Å². The van der Waals surface area contributed by atoms with Crippen LogP contribution in [0.15, 0.2) is 24.3 Å². The van der Waals surface area contributed by atoms with Crippen molar-refractivity contribution < 1.29 is 14.7 Å². The molecule has 1 heterocycles. The van der Waals surface area contributed by atoms with E-state index in [4.69, 9.17) is 5.11 Å². The molecule has 3 rings (SSSR count). The first-order valence-electron chi connectivity index (χ1n) is 5.77. The standard InChI is InChI=1S/C13H13NO3/c15-11-9-3-1-2-4-10(9)13(14-11)6-5-8(7-13)12(16)17/h1-4,8H,5-7H2,(H,14,15)(H,16,17)/t8-,13-/m1/s1. The van der Waals surface area contributed by atoms with Crippen LogP contribution >= 0.6 is 0 Å². The highest BCUT2D eigenvalue weighted by Crippen LogP contribution is 2.46. The molecule has 2 atom stereocenters. The molecule has 0 unspecified atom stereocenters.